The van der Waals surface area contributed by atoms with E-state index in [0.29, 0.717) is 18.2 Å². The Labute approximate surface area is 123 Å². The minimum atomic E-state index is -1.06. The highest BCUT2D eigenvalue weighted by molar-refractivity contribution is 5.94. The Morgan fingerprint density at radius 2 is 2.14 bits per heavy atom. The summed E-state index contributed by atoms with van der Waals surface area (Å²) in [4.78, 5) is 25.0. The zero-order valence-electron chi connectivity index (χ0n) is 12.3. The van der Waals surface area contributed by atoms with Crippen molar-refractivity contribution in [3.05, 3.63) is 23.8 Å². The lowest BCUT2D eigenvalue weighted by atomic mass is 10.2. The summed E-state index contributed by atoms with van der Waals surface area (Å²) in [5.41, 5.74) is 0.594. The molecule has 1 aromatic rings. The predicted molar refractivity (Wildman–Crippen MR) is 78.9 cm³/mol. The number of rotatable bonds is 6. The lowest BCUT2D eigenvalue weighted by Gasteiger charge is -2.21. The van der Waals surface area contributed by atoms with E-state index in [1.807, 2.05) is 6.92 Å². The number of hydrogen-bond donors (Lipinski definition) is 2. The Morgan fingerprint density at radius 1 is 1.43 bits per heavy atom. The quantitative estimate of drug-likeness (QED) is 0.845. The van der Waals surface area contributed by atoms with Crippen LogP contribution in [0, 0.1) is 5.92 Å². The van der Waals surface area contributed by atoms with Crippen molar-refractivity contribution < 1.29 is 19.4 Å². The van der Waals surface area contributed by atoms with Crippen molar-refractivity contribution in [2.24, 2.45) is 5.92 Å². The maximum absolute atomic E-state index is 12.2. The van der Waals surface area contributed by atoms with Gasteiger partial charge in [0.1, 0.15) is 11.3 Å². The molecule has 21 heavy (non-hydrogen) atoms. The first kappa shape index (κ1) is 15.2. The molecule has 1 fully saturated rings. The van der Waals surface area contributed by atoms with Crippen molar-refractivity contribution in [2.75, 3.05) is 25.5 Å². The summed E-state index contributed by atoms with van der Waals surface area (Å²) in [5.74, 6) is -0.209. The number of benzene rings is 1. The van der Waals surface area contributed by atoms with Gasteiger partial charge in [0.2, 0.25) is 0 Å². The van der Waals surface area contributed by atoms with E-state index in [1.165, 1.54) is 32.1 Å². The second kappa shape index (κ2) is 6.47. The summed E-state index contributed by atoms with van der Waals surface area (Å²) in [6, 6.07) is 4.34. The van der Waals surface area contributed by atoms with Crippen LogP contribution in [-0.4, -0.2) is 42.2 Å². The molecule has 2 rings (SSSR count). The predicted octanol–water partition coefficient (Wildman–Crippen LogP) is 2.66. The maximum Gasteiger partial charge on any atom is 0.339 e. The number of ether oxygens (including phenoxy) is 1. The van der Waals surface area contributed by atoms with E-state index in [1.54, 1.807) is 11.0 Å². The van der Waals surface area contributed by atoms with Crippen LogP contribution in [0.25, 0.3) is 0 Å². The summed E-state index contributed by atoms with van der Waals surface area (Å²) >= 11 is 0. The standard InChI is InChI=1S/C15H20N2O4/c1-3-17(9-10-4-5-10)15(20)16-11-6-7-12(14(18)19)13(8-11)21-2/h6-8,10H,3-5,9H2,1-2H3,(H,16,20)(H,18,19). The SMILES string of the molecule is CCN(CC1CC1)C(=O)Nc1ccc(C(=O)O)c(OC)c1. The first-order chi connectivity index (χ1) is 10.0. The Hall–Kier alpha value is -2.24. The first-order valence-electron chi connectivity index (χ1n) is 7.02. The molecule has 2 amide bonds. The Bertz CT molecular complexity index is 540. The second-order valence-corrected chi connectivity index (χ2v) is 5.13. The molecule has 1 aromatic carbocycles. The number of aromatic carboxylic acids is 1. The van der Waals surface area contributed by atoms with Crippen molar-refractivity contribution in [3.63, 3.8) is 0 Å². The molecular weight excluding hydrogens is 272 g/mol. The molecule has 114 valence electrons. The summed E-state index contributed by atoms with van der Waals surface area (Å²) in [6.07, 6.45) is 2.37. The molecule has 0 aliphatic heterocycles. The number of anilines is 1. The van der Waals surface area contributed by atoms with Gasteiger partial charge in [-0.1, -0.05) is 0 Å². The first-order valence-corrected chi connectivity index (χ1v) is 7.02. The lowest BCUT2D eigenvalue weighted by molar-refractivity contribution is 0.0693. The highest BCUT2D eigenvalue weighted by Crippen LogP contribution is 2.30. The van der Waals surface area contributed by atoms with Gasteiger partial charge >= 0.3 is 12.0 Å². The van der Waals surface area contributed by atoms with Crippen molar-refractivity contribution >= 4 is 17.7 Å². The summed E-state index contributed by atoms with van der Waals surface area (Å²) in [6.45, 7) is 3.36. The van der Waals surface area contributed by atoms with Crippen LogP contribution in [0.4, 0.5) is 10.5 Å². The molecule has 0 saturated heterocycles. The van der Waals surface area contributed by atoms with E-state index in [2.05, 4.69) is 5.32 Å². The van der Waals surface area contributed by atoms with Crippen LogP contribution in [0.5, 0.6) is 5.75 Å². The number of urea groups is 1. The van der Waals surface area contributed by atoms with Crippen LogP contribution < -0.4 is 10.1 Å². The van der Waals surface area contributed by atoms with Crippen molar-refractivity contribution in [3.8, 4) is 5.75 Å². The van der Waals surface area contributed by atoms with Crippen molar-refractivity contribution in [1.82, 2.24) is 4.90 Å². The Morgan fingerprint density at radius 3 is 2.67 bits per heavy atom. The van der Waals surface area contributed by atoms with Gasteiger partial charge in [0, 0.05) is 24.8 Å². The van der Waals surface area contributed by atoms with Gasteiger partial charge in [0.25, 0.3) is 0 Å². The van der Waals surface area contributed by atoms with Gasteiger partial charge < -0.3 is 20.1 Å². The minimum Gasteiger partial charge on any atom is -0.496 e. The maximum atomic E-state index is 12.2. The fraction of sp³-hybridized carbons (Fsp3) is 0.467. The summed E-state index contributed by atoms with van der Waals surface area (Å²) in [5, 5.41) is 11.8. The van der Waals surface area contributed by atoms with Crippen LogP contribution in [0.15, 0.2) is 18.2 Å². The largest absolute Gasteiger partial charge is 0.496 e. The van der Waals surface area contributed by atoms with Crippen LogP contribution in [-0.2, 0) is 0 Å². The average Bonchev–Trinajstić information content (AvgIpc) is 3.28. The zero-order chi connectivity index (χ0) is 15.4. The zero-order valence-corrected chi connectivity index (χ0v) is 12.3. The van der Waals surface area contributed by atoms with Crippen LogP contribution in [0.1, 0.15) is 30.1 Å². The number of carboxylic acid groups (broad SMARTS) is 1. The molecule has 1 aliphatic rings. The van der Waals surface area contributed by atoms with E-state index in [-0.39, 0.29) is 17.3 Å². The van der Waals surface area contributed by atoms with Gasteiger partial charge in [0.05, 0.1) is 7.11 Å². The number of carboxylic acids is 1. The number of carbonyl (C=O) groups excluding carboxylic acids is 1. The van der Waals surface area contributed by atoms with Crippen molar-refractivity contribution in [2.45, 2.75) is 19.8 Å². The molecule has 0 radical (unpaired) electrons. The molecule has 0 unspecified atom stereocenters. The summed E-state index contributed by atoms with van der Waals surface area (Å²) in [7, 11) is 1.40. The average molecular weight is 292 g/mol. The molecule has 0 heterocycles. The Kier molecular flexibility index (Phi) is 4.67. The van der Waals surface area contributed by atoms with Gasteiger partial charge in [-0.05, 0) is 37.8 Å². The Balaban J connectivity index is 2.07. The molecule has 0 spiro atoms. The number of nitrogens with one attached hydrogen (secondary N) is 1. The van der Waals surface area contributed by atoms with Gasteiger partial charge in [-0.3, -0.25) is 0 Å². The fourth-order valence-electron chi connectivity index (χ4n) is 2.12. The third kappa shape index (κ3) is 3.87. The highest BCUT2D eigenvalue weighted by atomic mass is 16.5. The van der Waals surface area contributed by atoms with E-state index in [4.69, 9.17) is 9.84 Å². The van der Waals surface area contributed by atoms with Crippen LogP contribution in [0.3, 0.4) is 0 Å². The van der Waals surface area contributed by atoms with Crippen molar-refractivity contribution in [1.29, 1.82) is 0 Å². The van der Waals surface area contributed by atoms with E-state index in [9.17, 15) is 9.59 Å². The smallest absolute Gasteiger partial charge is 0.339 e. The lowest BCUT2D eigenvalue weighted by Crippen LogP contribution is -2.36. The summed E-state index contributed by atoms with van der Waals surface area (Å²) < 4.78 is 5.04. The molecule has 1 saturated carbocycles. The highest BCUT2D eigenvalue weighted by Gasteiger charge is 2.26. The molecule has 1 aliphatic carbocycles. The number of carbonyl (C=O) groups is 2. The molecule has 0 bridgehead atoms. The van der Waals surface area contributed by atoms with E-state index < -0.39 is 5.97 Å². The topological polar surface area (TPSA) is 78.9 Å². The van der Waals surface area contributed by atoms with Gasteiger partial charge in [0.15, 0.2) is 0 Å². The third-order valence-electron chi connectivity index (χ3n) is 3.53. The normalized spacial score (nSPS) is 13.6. The minimum absolute atomic E-state index is 0.0702. The molecule has 2 N–H and O–H groups in total. The second-order valence-electron chi connectivity index (χ2n) is 5.13. The van der Waals surface area contributed by atoms with E-state index >= 15 is 0 Å². The van der Waals surface area contributed by atoms with Crippen LogP contribution >= 0.6 is 0 Å². The van der Waals surface area contributed by atoms with Crippen LogP contribution in [0.2, 0.25) is 0 Å². The number of nitrogens with zero attached hydrogens (tertiary/aromatic N) is 1. The number of methoxy groups -OCH3 is 1. The fourth-order valence-corrected chi connectivity index (χ4v) is 2.12. The molecule has 0 atom stereocenters. The monoisotopic (exact) mass is 292 g/mol. The number of amides is 2. The molecular formula is C15H20N2O4. The molecule has 6 nitrogen and oxygen atoms in total. The van der Waals surface area contributed by atoms with E-state index in [0.717, 1.165) is 6.54 Å². The van der Waals surface area contributed by atoms with Gasteiger partial charge in [-0.25, -0.2) is 9.59 Å². The third-order valence-corrected chi connectivity index (χ3v) is 3.53. The number of hydrogen-bond acceptors (Lipinski definition) is 3. The van der Waals surface area contributed by atoms with Gasteiger partial charge in [-0.15, -0.1) is 0 Å². The van der Waals surface area contributed by atoms with Gasteiger partial charge in [-0.2, -0.15) is 0 Å². The molecule has 0 aromatic heterocycles. The molecule has 6 heteroatoms.